The van der Waals surface area contributed by atoms with Gasteiger partial charge in [0.1, 0.15) is 0 Å². The summed E-state index contributed by atoms with van der Waals surface area (Å²) in [7, 11) is -3.63. The highest BCUT2D eigenvalue weighted by Crippen LogP contribution is 2.34. The lowest BCUT2D eigenvalue weighted by atomic mass is 10.2. The number of amides is 1. The third-order valence-electron chi connectivity index (χ3n) is 3.79. The number of hydrogen-bond acceptors (Lipinski definition) is 5. The van der Waals surface area contributed by atoms with Crippen molar-refractivity contribution in [2.75, 3.05) is 11.6 Å². The summed E-state index contributed by atoms with van der Waals surface area (Å²) in [4.78, 5) is 24.4. The SMILES string of the molecule is C[C@H](OC(=O)c1cc(S(C)(=O)=O)ccc1Cl)C(=O)Nc1cc(C(F)(F)F)ccc1Cl. The Hall–Kier alpha value is -2.30. The van der Waals surface area contributed by atoms with Crippen molar-refractivity contribution in [2.45, 2.75) is 24.1 Å². The number of anilines is 1. The fourth-order valence-electron chi connectivity index (χ4n) is 2.20. The number of benzene rings is 2. The Morgan fingerprint density at radius 2 is 1.67 bits per heavy atom. The van der Waals surface area contributed by atoms with E-state index in [0.717, 1.165) is 24.5 Å². The molecule has 0 radical (unpaired) electrons. The van der Waals surface area contributed by atoms with Crippen LogP contribution in [0.15, 0.2) is 41.3 Å². The molecule has 1 amide bonds. The number of halogens is 5. The number of carbonyl (C=O) groups is 2. The summed E-state index contributed by atoms with van der Waals surface area (Å²) in [6, 6.07) is 5.72. The molecular weight excluding hydrogens is 470 g/mol. The van der Waals surface area contributed by atoms with Crippen LogP contribution in [-0.2, 0) is 25.5 Å². The van der Waals surface area contributed by atoms with E-state index in [1.165, 1.54) is 19.1 Å². The molecule has 0 saturated heterocycles. The molecule has 0 fully saturated rings. The summed E-state index contributed by atoms with van der Waals surface area (Å²) < 4.78 is 66.7. The van der Waals surface area contributed by atoms with Crippen LogP contribution in [0.1, 0.15) is 22.8 Å². The van der Waals surface area contributed by atoms with Crippen LogP contribution in [0.25, 0.3) is 0 Å². The van der Waals surface area contributed by atoms with Crippen molar-refractivity contribution in [3.05, 3.63) is 57.6 Å². The first kappa shape index (κ1) is 24.0. The lowest BCUT2D eigenvalue weighted by Gasteiger charge is -2.16. The van der Waals surface area contributed by atoms with Gasteiger partial charge in [0, 0.05) is 6.26 Å². The zero-order chi connectivity index (χ0) is 22.9. The molecule has 2 rings (SSSR count). The number of esters is 1. The van der Waals surface area contributed by atoms with Crippen LogP contribution in [0, 0.1) is 0 Å². The van der Waals surface area contributed by atoms with Gasteiger partial charge in [-0.2, -0.15) is 13.2 Å². The van der Waals surface area contributed by atoms with Crippen LogP contribution in [0.5, 0.6) is 0 Å². The highest BCUT2D eigenvalue weighted by atomic mass is 35.5. The molecule has 0 spiro atoms. The molecule has 1 N–H and O–H groups in total. The molecule has 0 heterocycles. The second kappa shape index (κ2) is 8.83. The van der Waals surface area contributed by atoms with E-state index in [4.69, 9.17) is 27.9 Å². The van der Waals surface area contributed by atoms with Crippen molar-refractivity contribution < 1.29 is 35.9 Å². The van der Waals surface area contributed by atoms with Gasteiger partial charge in [-0.1, -0.05) is 23.2 Å². The van der Waals surface area contributed by atoms with Gasteiger partial charge >= 0.3 is 12.1 Å². The number of hydrogen-bond donors (Lipinski definition) is 1. The number of sulfone groups is 1. The van der Waals surface area contributed by atoms with Crippen molar-refractivity contribution in [2.24, 2.45) is 0 Å². The maximum atomic E-state index is 12.8. The standard InChI is InChI=1S/C18H14Cl2F3NO5S/c1-9(16(25)24-15-7-10(18(21,22)23)3-5-14(15)20)29-17(26)12-8-11(30(2,27)28)4-6-13(12)19/h3-9H,1-2H3,(H,24,25)/t9-/m0/s1. The van der Waals surface area contributed by atoms with Crippen LogP contribution in [0.4, 0.5) is 18.9 Å². The third kappa shape index (κ3) is 5.87. The van der Waals surface area contributed by atoms with Crippen LogP contribution in [-0.4, -0.2) is 32.7 Å². The molecule has 0 aliphatic rings. The van der Waals surface area contributed by atoms with E-state index >= 15 is 0 Å². The van der Waals surface area contributed by atoms with E-state index in [1.54, 1.807) is 0 Å². The zero-order valence-corrected chi connectivity index (χ0v) is 17.7. The fraction of sp³-hybridized carbons (Fsp3) is 0.222. The van der Waals surface area contributed by atoms with Gasteiger partial charge in [-0.15, -0.1) is 0 Å². The largest absolute Gasteiger partial charge is 0.449 e. The molecule has 6 nitrogen and oxygen atoms in total. The first-order valence-corrected chi connectivity index (χ1v) is 10.7. The summed E-state index contributed by atoms with van der Waals surface area (Å²) in [5.41, 5.74) is -1.65. The van der Waals surface area contributed by atoms with Gasteiger partial charge < -0.3 is 10.1 Å². The molecule has 30 heavy (non-hydrogen) atoms. The molecule has 162 valence electrons. The van der Waals surface area contributed by atoms with Gasteiger partial charge in [0.15, 0.2) is 15.9 Å². The number of alkyl halides is 3. The first-order valence-electron chi connectivity index (χ1n) is 8.08. The molecule has 0 aromatic heterocycles. The Kier molecular flexibility index (Phi) is 7.05. The van der Waals surface area contributed by atoms with E-state index in [0.29, 0.717) is 6.07 Å². The minimum atomic E-state index is -4.65. The zero-order valence-electron chi connectivity index (χ0n) is 15.4. The molecule has 0 aliphatic heterocycles. The van der Waals surface area contributed by atoms with E-state index in [1.807, 2.05) is 0 Å². The van der Waals surface area contributed by atoms with Crippen LogP contribution in [0.3, 0.4) is 0 Å². The Balaban J connectivity index is 2.18. The third-order valence-corrected chi connectivity index (χ3v) is 5.56. The molecule has 0 aliphatic carbocycles. The van der Waals surface area contributed by atoms with Crippen molar-refractivity contribution in [1.82, 2.24) is 0 Å². The van der Waals surface area contributed by atoms with E-state index in [-0.39, 0.29) is 26.2 Å². The number of ether oxygens (including phenoxy) is 1. The molecule has 0 saturated carbocycles. The smallest absolute Gasteiger partial charge is 0.416 e. The molecule has 0 unspecified atom stereocenters. The average Bonchev–Trinajstić information content (AvgIpc) is 2.61. The van der Waals surface area contributed by atoms with Gasteiger partial charge in [-0.3, -0.25) is 4.79 Å². The molecule has 1 atom stereocenters. The van der Waals surface area contributed by atoms with Crippen molar-refractivity contribution in [3.63, 3.8) is 0 Å². The first-order chi connectivity index (χ1) is 13.7. The van der Waals surface area contributed by atoms with Crippen LogP contribution in [0.2, 0.25) is 10.0 Å². The average molecular weight is 484 g/mol. The second-order valence-corrected chi connectivity index (χ2v) is 8.97. The maximum Gasteiger partial charge on any atom is 0.416 e. The Bertz CT molecular complexity index is 1100. The quantitative estimate of drug-likeness (QED) is 0.627. The molecule has 2 aromatic carbocycles. The van der Waals surface area contributed by atoms with Crippen molar-refractivity contribution in [1.29, 1.82) is 0 Å². The Morgan fingerprint density at radius 3 is 2.23 bits per heavy atom. The topological polar surface area (TPSA) is 89.5 Å². The van der Waals surface area contributed by atoms with Gasteiger partial charge in [-0.25, -0.2) is 13.2 Å². The summed E-state index contributed by atoms with van der Waals surface area (Å²) in [6.45, 7) is 1.17. The lowest BCUT2D eigenvalue weighted by molar-refractivity contribution is -0.137. The predicted molar refractivity (Wildman–Crippen MR) is 105 cm³/mol. The fourth-order valence-corrected chi connectivity index (χ4v) is 3.21. The van der Waals surface area contributed by atoms with E-state index in [9.17, 15) is 31.2 Å². The van der Waals surface area contributed by atoms with Gasteiger partial charge in [0.25, 0.3) is 5.91 Å². The highest BCUT2D eigenvalue weighted by Gasteiger charge is 2.31. The van der Waals surface area contributed by atoms with Gasteiger partial charge in [0.05, 0.1) is 31.8 Å². The van der Waals surface area contributed by atoms with Crippen molar-refractivity contribution in [3.8, 4) is 0 Å². The van der Waals surface area contributed by atoms with E-state index in [2.05, 4.69) is 5.32 Å². The number of carbonyl (C=O) groups excluding carboxylic acids is 2. The summed E-state index contributed by atoms with van der Waals surface area (Å²) >= 11 is 11.7. The summed E-state index contributed by atoms with van der Waals surface area (Å²) in [6.07, 6.45) is -5.18. The minimum absolute atomic E-state index is 0.110. The second-order valence-electron chi connectivity index (χ2n) is 6.14. The highest BCUT2D eigenvalue weighted by molar-refractivity contribution is 7.90. The number of rotatable bonds is 5. The monoisotopic (exact) mass is 483 g/mol. The van der Waals surface area contributed by atoms with Crippen molar-refractivity contribution >= 4 is 50.6 Å². The summed E-state index contributed by atoms with van der Waals surface area (Å²) in [5.74, 6) is -2.05. The van der Waals surface area contributed by atoms with Crippen LogP contribution < -0.4 is 5.32 Å². The van der Waals surface area contributed by atoms with Gasteiger partial charge in [-0.05, 0) is 43.3 Å². The van der Waals surface area contributed by atoms with E-state index < -0.39 is 39.6 Å². The lowest BCUT2D eigenvalue weighted by Crippen LogP contribution is -2.30. The number of nitrogens with one attached hydrogen (secondary N) is 1. The van der Waals surface area contributed by atoms with Crippen LogP contribution >= 0.6 is 23.2 Å². The van der Waals surface area contributed by atoms with Gasteiger partial charge in [0.2, 0.25) is 0 Å². The normalized spacial score (nSPS) is 12.9. The molecule has 2 aromatic rings. The Labute approximate surface area is 179 Å². The molecule has 0 bridgehead atoms. The molecule has 12 heteroatoms. The minimum Gasteiger partial charge on any atom is -0.449 e. The summed E-state index contributed by atoms with van der Waals surface area (Å²) in [5, 5.41) is 1.89. The maximum absolute atomic E-state index is 12.8. The molecular formula is C18H14Cl2F3NO5S. The predicted octanol–water partition coefficient (Wildman–Crippen LogP) is 4.60. The Morgan fingerprint density at radius 1 is 1.07 bits per heavy atom.